The van der Waals surface area contributed by atoms with E-state index in [0.717, 1.165) is 12.1 Å². The second-order valence-corrected chi connectivity index (χ2v) is 5.03. The lowest BCUT2D eigenvalue weighted by atomic mass is 10.1. The Hall–Kier alpha value is -1.87. The molecule has 1 aliphatic heterocycles. The van der Waals surface area contributed by atoms with Gasteiger partial charge in [0.15, 0.2) is 0 Å². The van der Waals surface area contributed by atoms with Crippen molar-refractivity contribution in [1.82, 2.24) is 0 Å². The third-order valence-electron chi connectivity index (χ3n) is 3.08. The van der Waals surface area contributed by atoms with Gasteiger partial charge in [0.2, 0.25) is 0 Å². The molecule has 0 radical (unpaired) electrons. The monoisotopic (exact) mass is 338 g/mol. The standard InChI is InChI=1S/C12H10ClF3N2O4/c13-7-2-1-6(12(14,15)16)5-8(7)17-11(19)9-3-4-10(22-9)18(20)21/h1-2,5,9-10H,3-4H2,(H,17,19). The molecule has 1 saturated heterocycles. The summed E-state index contributed by atoms with van der Waals surface area (Å²) in [6.07, 6.45) is -6.80. The predicted octanol–water partition coefficient (Wildman–Crippen LogP) is 3.08. The lowest BCUT2D eigenvalue weighted by molar-refractivity contribution is -0.570. The molecular formula is C12H10ClF3N2O4. The van der Waals surface area contributed by atoms with Crippen LogP contribution in [0.4, 0.5) is 18.9 Å². The summed E-state index contributed by atoms with van der Waals surface area (Å²) in [5.41, 5.74) is -1.20. The second kappa shape index (κ2) is 6.09. The van der Waals surface area contributed by atoms with Crippen molar-refractivity contribution in [2.75, 3.05) is 5.32 Å². The maximum atomic E-state index is 12.6. The molecule has 1 heterocycles. The van der Waals surface area contributed by atoms with Crippen molar-refractivity contribution < 1.29 is 27.6 Å². The van der Waals surface area contributed by atoms with Crippen LogP contribution in [0.2, 0.25) is 5.02 Å². The number of nitrogens with one attached hydrogen (secondary N) is 1. The Morgan fingerprint density at radius 3 is 2.64 bits per heavy atom. The summed E-state index contributed by atoms with van der Waals surface area (Å²) >= 11 is 5.75. The molecule has 10 heteroatoms. The van der Waals surface area contributed by atoms with Crippen LogP contribution >= 0.6 is 11.6 Å². The number of nitrogens with zero attached hydrogens (tertiary/aromatic N) is 1. The third kappa shape index (κ3) is 3.66. The van der Waals surface area contributed by atoms with Crippen molar-refractivity contribution in [3.05, 3.63) is 38.9 Å². The first kappa shape index (κ1) is 16.5. The molecule has 2 rings (SSSR count). The van der Waals surface area contributed by atoms with Crippen molar-refractivity contribution in [3.63, 3.8) is 0 Å². The van der Waals surface area contributed by atoms with Gasteiger partial charge in [-0.05, 0) is 24.6 Å². The Kier molecular flexibility index (Phi) is 4.57. The number of anilines is 1. The molecule has 0 spiro atoms. The molecular weight excluding hydrogens is 329 g/mol. The van der Waals surface area contributed by atoms with Crippen LogP contribution < -0.4 is 5.32 Å². The van der Waals surface area contributed by atoms with Gasteiger partial charge in [-0.25, -0.2) is 0 Å². The highest BCUT2D eigenvalue weighted by Gasteiger charge is 2.38. The molecule has 1 fully saturated rings. The summed E-state index contributed by atoms with van der Waals surface area (Å²) in [6, 6.07) is 2.49. The van der Waals surface area contributed by atoms with Gasteiger partial charge in [0.1, 0.15) is 6.10 Å². The maximum absolute atomic E-state index is 12.6. The lowest BCUT2D eigenvalue weighted by Gasteiger charge is -2.14. The van der Waals surface area contributed by atoms with Gasteiger partial charge >= 0.3 is 12.4 Å². The highest BCUT2D eigenvalue weighted by atomic mass is 35.5. The number of ether oxygens (including phenoxy) is 1. The molecule has 2 atom stereocenters. The molecule has 1 aromatic carbocycles. The van der Waals surface area contributed by atoms with Crippen LogP contribution in [-0.2, 0) is 15.7 Å². The SMILES string of the molecule is O=C(Nc1cc(C(F)(F)F)ccc1Cl)C1CCC([N+](=O)[O-])O1. The van der Waals surface area contributed by atoms with Crippen LogP contribution in [0.3, 0.4) is 0 Å². The number of benzene rings is 1. The lowest BCUT2D eigenvalue weighted by Crippen LogP contribution is -2.30. The molecule has 0 aromatic heterocycles. The van der Waals surface area contributed by atoms with Gasteiger partial charge in [0, 0.05) is 6.42 Å². The molecule has 2 unspecified atom stereocenters. The van der Waals surface area contributed by atoms with Crippen LogP contribution in [0.1, 0.15) is 18.4 Å². The van der Waals surface area contributed by atoms with Gasteiger partial charge in [-0.1, -0.05) is 11.6 Å². The number of carbonyl (C=O) groups excluding carboxylic acids is 1. The molecule has 6 nitrogen and oxygen atoms in total. The molecule has 0 bridgehead atoms. The normalized spacial score (nSPS) is 21.6. The van der Waals surface area contributed by atoms with Gasteiger partial charge in [-0.3, -0.25) is 14.9 Å². The minimum absolute atomic E-state index is 0.0570. The zero-order valence-corrected chi connectivity index (χ0v) is 11.6. The van der Waals surface area contributed by atoms with Gasteiger partial charge in [-0.2, -0.15) is 13.2 Å². The van der Waals surface area contributed by atoms with E-state index >= 15 is 0 Å². The Morgan fingerprint density at radius 1 is 1.41 bits per heavy atom. The molecule has 120 valence electrons. The summed E-state index contributed by atoms with van der Waals surface area (Å²) in [7, 11) is 0. The first-order valence-corrected chi connectivity index (χ1v) is 6.53. The number of nitro groups is 1. The minimum Gasteiger partial charge on any atom is -0.322 e. The fourth-order valence-electron chi connectivity index (χ4n) is 1.98. The Balaban J connectivity index is 2.10. The molecule has 0 aliphatic carbocycles. The number of hydrogen-bond donors (Lipinski definition) is 1. The first-order valence-electron chi connectivity index (χ1n) is 6.15. The Labute approximate surface area is 127 Å². The van der Waals surface area contributed by atoms with E-state index in [0.29, 0.717) is 6.07 Å². The molecule has 1 aromatic rings. The fourth-order valence-corrected chi connectivity index (χ4v) is 2.14. The number of halogens is 4. The van der Waals surface area contributed by atoms with E-state index in [9.17, 15) is 28.1 Å². The summed E-state index contributed by atoms with van der Waals surface area (Å²) in [4.78, 5) is 21.8. The van der Waals surface area contributed by atoms with E-state index in [4.69, 9.17) is 16.3 Å². The minimum atomic E-state index is -4.58. The zero-order chi connectivity index (χ0) is 16.5. The largest absolute Gasteiger partial charge is 0.416 e. The van der Waals surface area contributed by atoms with Gasteiger partial charge < -0.3 is 10.1 Å². The summed E-state index contributed by atoms with van der Waals surface area (Å²) in [5.74, 6) is -0.773. The number of amides is 1. The smallest absolute Gasteiger partial charge is 0.322 e. The predicted molar refractivity (Wildman–Crippen MR) is 70.0 cm³/mol. The first-order chi connectivity index (χ1) is 10.2. The van der Waals surface area contributed by atoms with E-state index in [2.05, 4.69) is 5.32 Å². The third-order valence-corrected chi connectivity index (χ3v) is 3.41. The van der Waals surface area contributed by atoms with E-state index in [1.165, 1.54) is 0 Å². The van der Waals surface area contributed by atoms with Crippen molar-refractivity contribution in [1.29, 1.82) is 0 Å². The van der Waals surface area contributed by atoms with Crippen LogP contribution in [0, 0.1) is 10.1 Å². The van der Waals surface area contributed by atoms with E-state index in [1.807, 2.05) is 0 Å². The molecule has 1 amide bonds. The van der Waals surface area contributed by atoms with Crippen molar-refractivity contribution >= 4 is 23.2 Å². The van der Waals surface area contributed by atoms with Crippen LogP contribution in [0.25, 0.3) is 0 Å². The number of carbonyl (C=O) groups is 1. The van der Waals surface area contributed by atoms with Gasteiger partial charge in [0.05, 0.1) is 21.2 Å². The van der Waals surface area contributed by atoms with Crippen LogP contribution in [0.15, 0.2) is 18.2 Å². The van der Waals surface area contributed by atoms with Crippen molar-refractivity contribution in [2.24, 2.45) is 0 Å². The van der Waals surface area contributed by atoms with Crippen molar-refractivity contribution in [2.45, 2.75) is 31.3 Å². The summed E-state index contributed by atoms with van der Waals surface area (Å²) in [5, 5.41) is 12.7. The number of rotatable bonds is 3. The molecule has 22 heavy (non-hydrogen) atoms. The molecule has 0 saturated carbocycles. The van der Waals surface area contributed by atoms with Crippen LogP contribution in [0.5, 0.6) is 0 Å². The number of alkyl halides is 3. The maximum Gasteiger partial charge on any atom is 0.416 e. The molecule has 1 N–H and O–H groups in total. The summed E-state index contributed by atoms with van der Waals surface area (Å²) < 4.78 is 42.8. The Bertz CT molecular complexity index is 609. The quantitative estimate of drug-likeness (QED) is 0.678. The van der Waals surface area contributed by atoms with E-state index in [-0.39, 0.29) is 23.6 Å². The van der Waals surface area contributed by atoms with E-state index in [1.54, 1.807) is 0 Å². The van der Waals surface area contributed by atoms with Crippen LogP contribution in [-0.4, -0.2) is 23.2 Å². The van der Waals surface area contributed by atoms with Gasteiger partial charge in [0.25, 0.3) is 5.91 Å². The van der Waals surface area contributed by atoms with Gasteiger partial charge in [-0.15, -0.1) is 0 Å². The second-order valence-electron chi connectivity index (χ2n) is 4.62. The average molecular weight is 339 g/mol. The topological polar surface area (TPSA) is 81.5 Å². The highest BCUT2D eigenvalue weighted by molar-refractivity contribution is 6.33. The average Bonchev–Trinajstić information content (AvgIpc) is 2.89. The van der Waals surface area contributed by atoms with Crippen molar-refractivity contribution in [3.8, 4) is 0 Å². The van der Waals surface area contributed by atoms with E-state index < -0.39 is 34.9 Å². The fraction of sp³-hybridized carbons (Fsp3) is 0.417. The highest BCUT2D eigenvalue weighted by Crippen LogP contribution is 2.34. The Morgan fingerprint density at radius 2 is 2.09 bits per heavy atom. The summed E-state index contributed by atoms with van der Waals surface area (Å²) in [6.45, 7) is 0. The zero-order valence-electron chi connectivity index (χ0n) is 10.9. The molecule has 1 aliphatic rings. The number of hydrogen-bond acceptors (Lipinski definition) is 4.